The summed E-state index contributed by atoms with van der Waals surface area (Å²) in [5, 5.41) is 16.3. The number of hydrogen-bond donors (Lipinski definition) is 1. The molecule has 2 aromatic carbocycles. The zero-order valence-corrected chi connectivity index (χ0v) is 13.5. The average Bonchev–Trinajstić information content (AvgIpc) is 3.08. The van der Waals surface area contributed by atoms with Gasteiger partial charge in [0.2, 0.25) is 5.95 Å². The van der Waals surface area contributed by atoms with Gasteiger partial charge in [-0.3, -0.25) is 0 Å². The van der Waals surface area contributed by atoms with Gasteiger partial charge in [-0.1, -0.05) is 59.2 Å². The van der Waals surface area contributed by atoms with Crippen LogP contribution in [0.15, 0.2) is 54.1 Å². The first-order chi connectivity index (χ1) is 11.8. The summed E-state index contributed by atoms with van der Waals surface area (Å²) in [7, 11) is 0. The van der Waals surface area contributed by atoms with Crippen molar-refractivity contribution in [1.82, 2.24) is 20.2 Å². The number of tetrazole rings is 1. The molecule has 5 nitrogen and oxygen atoms in total. The number of aryl methyl sites for hydroxylation is 1. The van der Waals surface area contributed by atoms with E-state index in [0.29, 0.717) is 5.95 Å². The molecular formula is C18H14ClN5. The van der Waals surface area contributed by atoms with E-state index < -0.39 is 0 Å². The highest BCUT2D eigenvalue weighted by Crippen LogP contribution is 2.44. The van der Waals surface area contributed by atoms with Crippen LogP contribution in [0.2, 0.25) is 5.02 Å². The fraction of sp³-hybridized carbons (Fsp3) is 0.167. The van der Waals surface area contributed by atoms with Crippen LogP contribution in [0, 0.1) is 0 Å². The highest BCUT2D eigenvalue weighted by Gasteiger charge is 2.34. The second-order valence-corrected chi connectivity index (χ2v) is 6.46. The molecule has 3 aromatic rings. The first-order valence-electron chi connectivity index (χ1n) is 7.93. The molecule has 0 saturated carbocycles. The van der Waals surface area contributed by atoms with Crippen LogP contribution in [-0.4, -0.2) is 20.2 Å². The van der Waals surface area contributed by atoms with E-state index in [-0.39, 0.29) is 6.04 Å². The molecule has 0 bridgehead atoms. The molecule has 118 valence electrons. The van der Waals surface area contributed by atoms with E-state index in [1.54, 1.807) is 0 Å². The first-order valence-corrected chi connectivity index (χ1v) is 8.31. The molecule has 1 aliphatic heterocycles. The van der Waals surface area contributed by atoms with Crippen molar-refractivity contribution in [3.05, 3.63) is 75.8 Å². The van der Waals surface area contributed by atoms with Crippen LogP contribution >= 0.6 is 11.6 Å². The Kier molecular flexibility index (Phi) is 2.97. The van der Waals surface area contributed by atoms with E-state index in [4.69, 9.17) is 11.6 Å². The monoisotopic (exact) mass is 335 g/mol. The van der Waals surface area contributed by atoms with E-state index in [2.05, 4.69) is 51.2 Å². The summed E-state index contributed by atoms with van der Waals surface area (Å²) in [5.74, 6) is 0.648. The number of benzene rings is 2. The molecule has 0 spiro atoms. The van der Waals surface area contributed by atoms with Crippen LogP contribution in [0.1, 0.15) is 29.2 Å². The van der Waals surface area contributed by atoms with Crippen molar-refractivity contribution in [1.29, 1.82) is 0 Å². The van der Waals surface area contributed by atoms with Gasteiger partial charge in [-0.25, -0.2) is 0 Å². The number of aromatic nitrogens is 4. The van der Waals surface area contributed by atoms with Crippen LogP contribution in [0.4, 0.5) is 5.95 Å². The molecule has 1 unspecified atom stereocenters. The molecule has 1 aliphatic carbocycles. The summed E-state index contributed by atoms with van der Waals surface area (Å²) >= 11 is 6.50. The van der Waals surface area contributed by atoms with Gasteiger partial charge in [0.25, 0.3) is 0 Å². The lowest BCUT2D eigenvalue weighted by atomic mass is 9.83. The predicted octanol–water partition coefficient (Wildman–Crippen LogP) is 3.70. The summed E-state index contributed by atoms with van der Waals surface area (Å²) in [6.45, 7) is 0. The van der Waals surface area contributed by atoms with Gasteiger partial charge in [0.15, 0.2) is 0 Å². The Hall–Kier alpha value is -2.66. The van der Waals surface area contributed by atoms with Gasteiger partial charge in [-0.05, 0) is 46.0 Å². The van der Waals surface area contributed by atoms with Gasteiger partial charge < -0.3 is 5.32 Å². The highest BCUT2D eigenvalue weighted by atomic mass is 35.5. The van der Waals surface area contributed by atoms with Crippen molar-refractivity contribution in [2.75, 3.05) is 5.32 Å². The number of rotatable bonds is 1. The first kappa shape index (κ1) is 13.7. The van der Waals surface area contributed by atoms with Crippen molar-refractivity contribution < 1.29 is 0 Å². The average molecular weight is 336 g/mol. The highest BCUT2D eigenvalue weighted by molar-refractivity contribution is 6.31. The van der Waals surface area contributed by atoms with Crippen molar-refractivity contribution in [2.45, 2.75) is 18.9 Å². The van der Waals surface area contributed by atoms with Crippen LogP contribution in [0.3, 0.4) is 0 Å². The van der Waals surface area contributed by atoms with Crippen molar-refractivity contribution in [3.8, 4) is 0 Å². The van der Waals surface area contributed by atoms with Crippen molar-refractivity contribution in [2.24, 2.45) is 0 Å². The number of allylic oxidation sites excluding steroid dienone is 1. The van der Waals surface area contributed by atoms with Gasteiger partial charge in [-0.15, -0.1) is 0 Å². The molecule has 1 atom stereocenters. The Balaban J connectivity index is 1.77. The minimum Gasteiger partial charge on any atom is -0.322 e. The smallest absolute Gasteiger partial charge is 0.248 e. The van der Waals surface area contributed by atoms with Crippen molar-refractivity contribution in [3.63, 3.8) is 0 Å². The maximum Gasteiger partial charge on any atom is 0.248 e. The minimum atomic E-state index is -0.0756. The second-order valence-electron chi connectivity index (χ2n) is 6.05. The van der Waals surface area contributed by atoms with Crippen LogP contribution in [-0.2, 0) is 6.42 Å². The third-order valence-corrected chi connectivity index (χ3v) is 5.12. The normalized spacial score (nSPS) is 18.5. The molecule has 6 heteroatoms. The van der Waals surface area contributed by atoms with Gasteiger partial charge in [0.05, 0.1) is 5.70 Å². The molecule has 2 heterocycles. The van der Waals surface area contributed by atoms with Crippen molar-refractivity contribution >= 4 is 23.2 Å². The number of nitrogens with one attached hydrogen (secondary N) is 1. The number of hydrogen-bond acceptors (Lipinski definition) is 4. The van der Waals surface area contributed by atoms with Gasteiger partial charge >= 0.3 is 0 Å². The third kappa shape index (κ3) is 1.91. The lowest BCUT2D eigenvalue weighted by molar-refractivity contribution is 0.544. The third-order valence-electron chi connectivity index (χ3n) is 4.78. The minimum absolute atomic E-state index is 0.0756. The summed E-state index contributed by atoms with van der Waals surface area (Å²) in [6.07, 6.45) is 1.96. The summed E-state index contributed by atoms with van der Waals surface area (Å²) in [4.78, 5) is 0. The molecule has 0 saturated heterocycles. The Morgan fingerprint density at radius 2 is 1.88 bits per heavy atom. The lowest BCUT2D eigenvalue weighted by Crippen LogP contribution is -2.27. The molecule has 2 aliphatic rings. The number of halogens is 1. The van der Waals surface area contributed by atoms with Crippen LogP contribution in [0.5, 0.6) is 0 Å². The lowest BCUT2D eigenvalue weighted by Gasteiger charge is -2.34. The Morgan fingerprint density at radius 1 is 1.04 bits per heavy atom. The second kappa shape index (κ2) is 5.18. The molecule has 1 N–H and O–H groups in total. The molecule has 0 amide bonds. The number of anilines is 1. The maximum absolute atomic E-state index is 6.50. The Morgan fingerprint density at radius 3 is 2.79 bits per heavy atom. The SMILES string of the molecule is Clc1ccccc1C1C2=C(Nc3nnnn31)c1ccccc1CC2. The molecule has 1 aromatic heterocycles. The van der Waals surface area contributed by atoms with E-state index in [9.17, 15) is 0 Å². The summed E-state index contributed by atoms with van der Waals surface area (Å²) in [6, 6.07) is 16.3. The summed E-state index contributed by atoms with van der Waals surface area (Å²) < 4.78 is 1.83. The zero-order chi connectivity index (χ0) is 16.1. The van der Waals surface area contributed by atoms with Gasteiger partial charge in [0, 0.05) is 10.6 Å². The van der Waals surface area contributed by atoms with E-state index in [1.165, 1.54) is 16.7 Å². The van der Waals surface area contributed by atoms with E-state index in [1.807, 2.05) is 22.9 Å². The Bertz CT molecular complexity index is 975. The molecule has 0 radical (unpaired) electrons. The number of nitrogens with zero attached hydrogens (tertiary/aromatic N) is 4. The van der Waals surface area contributed by atoms with Gasteiger partial charge in [-0.2, -0.15) is 4.68 Å². The largest absolute Gasteiger partial charge is 0.322 e. The van der Waals surface area contributed by atoms with E-state index in [0.717, 1.165) is 29.1 Å². The predicted molar refractivity (Wildman–Crippen MR) is 92.7 cm³/mol. The van der Waals surface area contributed by atoms with E-state index >= 15 is 0 Å². The fourth-order valence-corrected chi connectivity index (χ4v) is 3.94. The molecular weight excluding hydrogens is 322 g/mol. The maximum atomic E-state index is 6.50. The molecule has 5 rings (SSSR count). The summed E-state index contributed by atoms with van der Waals surface area (Å²) in [5.41, 5.74) is 6.00. The molecule has 24 heavy (non-hydrogen) atoms. The van der Waals surface area contributed by atoms with Crippen LogP contribution in [0.25, 0.3) is 5.70 Å². The topological polar surface area (TPSA) is 55.6 Å². The fourth-order valence-electron chi connectivity index (χ4n) is 3.70. The van der Waals surface area contributed by atoms with Gasteiger partial charge in [0.1, 0.15) is 6.04 Å². The number of fused-ring (bicyclic) bond motifs is 3. The quantitative estimate of drug-likeness (QED) is 0.736. The molecule has 0 fully saturated rings. The zero-order valence-electron chi connectivity index (χ0n) is 12.8. The van der Waals surface area contributed by atoms with Crippen LogP contribution < -0.4 is 5.32 Å². The Labute approximate surface area is 144 Å². The standard InChI is InChI=1S/C18H14ClN5/c19-15-8-4-3-7-13(15)17-14-10-9-11-5-1-2-6-12(11)16(14)20-18-21-22-23-24(17)18/h1-8,17H,9-10H2,(H,20,21,23).